The Hall–Kier alpha value is -1.86. The fourth-order valence-corrected chi connectivity index (χ4v) is 4.02. The smallest absolute Gasteiger partial charge is 0.233 e. The molecule has 1 atom stereocenters. The van der Waals surface area contributed by atoms with Gasteiger partial charge >= 0.3 is 0 Å². The van der Waals surface area contributed by atoms with E-state index in [4.69, 9.17) is 4.42 Å². The van der Waals surface area contributed by atoms with Gasteiger partial charge in [-0.15, -0.1) is 11.3 Å². The highest BCUT2D eigenvalue weighted by Gasteiger charge is 2.18. The topological polar surface area (TPSA) is 68.0 Å². The Morgan fingerprint density at radius 1 is 1.48 bits per heavy atom. The molecule has 23 heavy (non-hydrogen) atoms. The van der Waals surface area contributed by atoms with Gasteiger partial charge in [-0.1, -0.05) is 18.7 Å². The van der Waals surface area contributed by atoms with Crippen LogP contribution in [0.5, 0.6) is 0 Å². The predicted molar refractivity (Wildman–Crippen MR) is 92.7 cm³/mol. The molecule has 3 heterocycles. The number of hydrogen-bond acceptors (Lipinski definition) is 6. The van der Waals surface area contributed by atoms with Crippen molar-refractivity contribution in [1.82, 2.24) is 15.3 Å². The van der Waals surface area contributed by atoms with E-state index in [0.29, 0.717) is 6.54 Å². The van der Waals surface area contributed by atoms with Crippen LogP contribution < -0.4 is 5.32 Å². The lowest BCUT2D eigenvalue weighted by Gasteiger charge is -2.11. The van der Waals surface area contributed by atoms with E-state index >= 15 is 0 Å². The highest BCUT2D eigenvalue weighted by atomic mass is 32.2. The van der Waals surface area contributed by atoms with E-state index in [2.05, 4.69) is 28.3 Å². The Morgan fingerprint density at radius 2 is 2.35 bits per heavy atom. The Balaban J connectivity index is 1.68. The summed E-state index contributed by atoms with van der Waals surface area (Å²) in [6.07, 6.45) is 4.14. The van der Waals surface area contributed by atoms with Crippen LogP contribution in [0.1, 0.15) is 24.5 Å². The molecule has 3 rings (SSSR count). The van der Waals surface area contributed by atoms with Crippen molar-refractivity contribution >= 4 is 39.2 Å². The molecule has 0 unspecified atom stereocenters. The van der Waals surface area contributed by atoms with Crippen LogP contribution in [0.15, 0.2) is 40.2 Å². The Morgan fingerprint density at radius 3 is 3.09 bits per heavy atom. The molecule has 0 fully saturated rings. The van der Waals surface area contributed by atoms with Gasteiger partial charge in [0.05, 0.1) is 18.1 Å². The second kappa shape index (κ2) is 7.14. The van der Waals surface area contributed by atoms with E-state index in [-0.39, 0.29) is 11.2 Å². The number of aryl methyl sites for hydroxylation is 1. The SMILES string of the molecule is CCc1cc2c(S[C@H](C)C(=O)NCc3ccco3)ncnc2s1. The lowest BCUT2D eigenvalue weighted by atomic mass is 10.3. The fourth-order valence-electron chi connectivity index (χ4n) is 2.10. The van der Waals surface area contributed by atoms with Gasteiger partial charge in [-0.05, 0) is 31.5 Å². The number of hydrogen-bond donors (Lipinski definition) is 1. The highest BCUT2D eigenvalue weighted by molar-refractivity contribution is 8.00. The van der Waals surface area contributed by atoms with Crippen LogP contribution in [0.25, 0.3) is 10.2 Å². The van der Waals surface area contributed by atoms with Crippen molar-refractivity contribution in [2.75, 3.05) is 0 Å². The Kier molecular flexibility index (Phi) is 4.97. The van der Waals surface area contributed by atoms with Crippen LogP contribution in [-0.4, -0.2) is 21.1 Å². The van der Waals surface area contributed by atoms with Gasteiger partial charge < -0.3 is 9.73 Å². The van der Waals surface area contributed by atoms with Crippen LogP contribution in [-0.2, 0) is 17.8 Å². The number of carbonyl (C=O) groups is 1. The van der Waals surface area contributed by atoms with E-state index in [9.17, 15) is 4.79 Å². The number of carbonyl (C=O) groups excluding carboxylic acids is 1. The summed E-state index contributed by atoms with van der Waals surface area (Å²) in [7, 11) is 0. The molecule has 0 aliphatic rings. The summed E-state index contributed by atoms with van der Waals surface area (Å²) in [6, 6.07) is 5.76. The number of thioether (sulfide) groups is 1. The fraction of sp³-hybridized carbons (Fsp3) is 0.312. The number of amides is 1. The summed E-state index contributed by atoms with van der Waals surface area (Å²) in [5, 5.41) is 4.52. The minimum atomic E-state index is -0.243. The highest BCUT2D eigenvalue weighted by Crippen LogP contribution is 2.32. The molecule has 7 heteroatoms. The summed E-state index contributed by atoms with van der Waals surface area (Å²) in [5.74, 6) is 0.703. The van der Waals surface area contributed by atoms with Crippen molar-refractivity contribution < 1.29 is 9.21 Å². The number of fused-ring (bicyclic) bond motifs is 1. The van der Waals surface area contributed by atoms with E-state index < -0.39 is 0 Å². The quantitative estimate of drug-likeness (QED) is 0.544. The largest absolute Gasteiger partial charge is 0.467 e. The first-order valence-corrected chi connectivity index (χ1v) is 9.07. The van der Waals surface area contributed by atoms with Gasteiger partial charge in [-0.2, -0.15) is 0 Å². The Labute approximate surface area is 142 Å². The molecule has 0 bridgehead atoms. The molecular formula is C16H17N3O2S2. The maximum absolute atomic E-state index is 12.2. The standard InChI is InChI=1S/C16H17N3O2S2/c1-3-12-7-13-15(18-9-19-16(13)23-12)22-10(2)14(20)17-8-11-5-4-6-21-11/h4-7,9-10H,3,8H2,1-2H3,(H,17,20)/t10-/m1/s1. The van der Waals surface area contributed by atoms with Crippen LogP contribution in [0, 0.1) is 0 Å². The zero-order valence-corrected chi connectivity index (χ0v) is 14.5. The number of nitrogens with zero attached hydrogens (tertiary/aromatic N) is 2. The van der Waals surface area contributed by atoms with Gasteiger partial charge in [0.25, 0.3) is 0 Å². The second-order valence-corrected chi connectivity index (χ2v) is 7.47. The molecule has 120 valence electrons. The van der Waals surface area contributed by atoms with Crippen molar-refractivity contribution in [2.24, 2.45) is 0 Å². The summed E-state index contributed by atoms with van der Waals surface area (Å²) in [4.78, 5) is 23.1. The molecule has 5 nitrogen and oxygen atoms in total. The first-order chi connectivity index (χ1) is 11.2. The first kappa shape index (κ1) is 16.0. The van der Waals surface area contributed by atoms with Crippen molar-refractivity contribution in [3.8, 4) is 0 Å². The van der Waals surface area contributed by atoms with Gasteiger partial charge in [0.2, 0.25) is 5.91 Å². The molecule has 0 aliphatic heterocycles. The average molecular weight is 347 g/mol. The van der Waals surface area contributed by atoms with Gasteiger partial charge in [-0.25, -0.2) is 9.97 Å². The molecule has 1 N–H and O–H groups in total. The molecule has 1 amide bonds. The second-order valence-electron chi connectivity index (χ2n) is 5.02. The summed E-state index contributed by atoms with van der Waals surface area (Å²) >= 11 is 3.13. The molecular weight excluding hydrogens is 330 g/mol. The Bertz CT molecular complexity index is 799. The van der Waals surface area contributed by atoms with Gasteiger partial charge in [-0.3, -0.25) is 4.79 Å². The third kappa shape index (κ3) is 3.73. The summed E-state index contributed by atoms with van der Waals surface area (Å²) in [6.45, 7) is 4.40. The van der Waals surface area contributed by atoms with Crippen LogP contribution in [0.3, 0.4) is 0 Å². The number of furan rings is 1. The third-order valence-electron chi connectivity index (χ3n) is 3.37. The molecule has 0 radical (unpaired) electrons. The van der Waals surface area contributed by atoms with Crippen molar-refractivity contribution in [3.63, 3.8) is 0 Å². The van der Waals surface area contributed by atoms with Crippen molar-refractivity contribution in [3.05, 3.63) is 41.4 Å². The summed E-state index contributed by atoms with van der Waals surface area (Å²) < 4.78 is 5.21. The molecule has 0 aliphatic carbocycles. The van der Waals surface area contributed by atoms with Gasteiger partial charge in [0.1, 0.15) is 21.9 Å². The average Bonchev–Trinajstić information content (AvgIpc) is 3.21. The monoisotopic (exact) mass is 347 g/mol. The van der Waals surface area contributed by atoms with Gasteiger partial charge in [0.15, 0.2) is 0 Å². The van der Waals surface area contributed by atoms with E-state index in [1.807, 2.05) is 13.0 Å². The first-order valence-electron chi connectivity index (χ1n) is 7.37. The number of rotatable bonds is 6. The normalized spacial score (nSPS) is 12.4. The number of thiophene rings is 1. The molecule has 0 saturated heterocycles. The minimum Gasteiger partial charge on any atom is -0.467 e. The summed E-state index contributed by atoms with van der Waals surface area (Å²) in [5.41, 5.74) is 0. The maximum Gasteiger partial charge on any atom is 0.233 e. The van der Waals surface area contributed by atoms with Crippen LogP contribution in [0.2, 0.25) is 0 Å². The zero-order valence-electron chi connectivity index (χ0n) is 12.9. The zero-order chi connectivity index (χ0) is 16.2. The van der Waals surface area contributed by atoms with E-state index in [1.165, 1.54) is 16.6 Å². The van der Waals surface area contributed by atoms with E-state index in [0.717, 1.165) is 27.4 Å². The molecule has 0 saturated carbocycles. The predicted octanol–water partition coefficient (Wildman–Crippen LogP) is 3.64. The molecule has 3 aromatic rings. The van der Waals surface area contributed by atoms with Crippen molar-refractivity contribution in [1.29, 1.82) is 0 Å². The molecule has 0 spiro atoms. The van der Waals surface area contributed by atoms with Gasteiger partial charge in [0, 0.05) is 10.3 Å². The molecule has 3 aromatic heterocycles. The minimum absolute atomic E-state index is 0.0379. The van der Waals surface area contributed by atoms with Crippen molar-refractivity contribution in [2.45, 2.75) is 37.1 Å². The van der Waals surface area contributed by atoms with Crippen LogP contribution >= 0.6 is 23.1 Å². The third-order valence-corrected chi connectivity index (χ3v) is 5.67. The van der Waals surface area contributed by atoms with Crippen LogP contribution in [0.4, 0.5) is 0 Å². The maximum atomic E-state index is 12.2. The van der Waals surface area contributed by atoms with E-state index in [1.54, 1.807) is 30.0 Å². The number of aromatic nitrogens is 2. The number of nitrogens with one attached hydrogen (secondary N) is 1. The lowest BCUT2D eigenvalue weighted by molar-refractivity contribution is -0.120. The molecule has 0 aromatic carbocycles. The lowest BCUT2D eigenvalue weighted by Crippen LogP contribution is -2.30.